The van der Waals surface area contributed by atoms with Crippen molar-refractivity contribution in [2.24, 2.45) is 0 Å². The zero-order valence-electron chi connectivity index (χ0n) is 8.67. The molecular weight excluding hydrogens is 180 g/mol. The van der Waals surface area contributed by atoms with Gasteiger partial charge >= 0.3 is 0 Å². The first kappa shape index (κ1) is 10.8. The first-order valence-electron chi connectivity index (χ1n) is 4.89. The molecule has 0 bridgehead atoms. The van der Waals surface area contributed by atoms with Crippen molar-refractivity contribution >= 4 is 5.91 Å². The van der Waals surface area contributed by atoms with Crippen LogP contribution in [-0.2, 0) is 11.2 Å². The van der Waals surface area contributed by atoms with Gasteiger partial charge in [-0.05, 0) is 13.3 Å². The predicted molar refractivity (Wildman–Crippen MR) is 52.9 cm³/mol. The monoisotopic (exact) mass is 196 g/mol. The lowest BCUT2D eigenvalue weighted by molar-refractivity contribution is -0.120. The van der Waals surface area contributed by atoms with E-state index in [-0.39, 0.29) is 12.3 Å². The fourth-order valence-electron chi connectivity index (χ4n) is 1.11. The van der Waals surface area contributed by atoms with Gasteiger partial charge < -0.3 is 9.73 Å². The van der Waals surface area contributed by atoms with Crippen molar-refractivity contribution < 1.29 is 9.21 Å². The van der Waals surface area contributed by atoms with Gasteiger partial charge in [-0.25, -0.2) is 4.98 Å². The summed E-state index contributed by atoms with van der Waals surface area (Å²) in [6.07, 6.45) is 3.75. The zero-order chi connectivity index (χ0) is 10.4. The maximum atomic E-state index is 11.3. The van der Waals surface area contributed by atoms with E-state index in [9.17, 15) is 4.79 Å². The number of nitrogens with zero attached hydrogens (tertiary/aromatic N) is 1. The Balaban J connectivity index is 2.31. The van der Waals surface area contributed by atoms with Gasteiger partial charge in [-0.1, -0.05) is 13.3 Å². The molecule has 1 aromatic heterocycles. The SMILES string of the molecule is CCCCNC(=O)Cc1ocnc1C. The molecule has 1 amide bonds. The average Bonchev–Trinajstić information content (AvgIpc) is 2.52. The number of carbonyl (C=O) groups excluding carboxylic acids is 1. The third-order valence-corrected chi connectivity index (χ3v) is 2.02. The minimum atomic E-state index is -0.00157. The van der Waals surface area contributed by atoms with Crippen LogP contribution in [0.4, 0.5) is 0 Å². The molecule has 0 fully saturated rings. The molecule has 0 atom stereocenters. The normalized spacial score (nSPS) is 10.1. The highest BCUT2D eigenvalue weighted by molar-refractivity contribution is 5.78. The van der Waals surface area contributed by atoms with Crippen molar-refractivity contribution in [3.63, 3.8) is 0 Å². The summed E-state index contributed by atoms with van der Waals surface area (Å²) in [6, 6.07) is 0. The van der Waals surface area contributed by atoms with E-state index in [1.165, 1.54) is 6.39 Å². The lowest BCUT2D eigenvalue weighted by atomic mass is 10.2. The molecule has 1 aromatic rings. The summed E-state index contributed by atoms with van der Waals surface area (Å²) in [4.78, 5) is 15.3. The number of hydrogen-bond acceptors (Lipinski definition) is 3. The predicted octanol–water partition coefficient (Wildman–Crippen LogP) is 1.44. The average molecular weight is 196 g/mol. The summed E-state index contributed by atoms with van der Waals surface area (Å²) < 4.78 is 5.07. The second-order valence-corrected chi connectivity index (χ2v) is 3.24. The quantitative estimate of drug-likeness (QED) is 0.725. The molecule has 0 aromatic carbocycles. The molecule has 4 nitrogen and oxygen atoms in total. The molecule has 0 spiro atoms. The molecule has 1 N–H and O–H groups in total. The van der Waals surface area contributed by atoms with Gasteiger partial charge in [0.2, 0.25) is 5.91 Å². The fourth-order valence-corrected chi connectivity index (χ4v) is 1.11. The van der Waals surface area contributed by atoms with Crippen LogP contribution in [0.15, 0.2) is 10.8 Å². The van der Waals surface area contributed by atoms with E-state index in [0.29, 0.717) is 5.76 Å². The number of oxazole rings is 1. The van der Waals surface area contributed by atoms with E-state index in [0.717, 1.165) is 25.1 Å². The molecule has 78 valence electrons. The van der Waals surface area contributed by atoms with E-state index < -0.39 is 0 Å². The number of carbonyl (C=O) groups is 1. The van der Waals surface area contributed by atoms with Gasteiger partial charge in [0.25, 0.3) is 0 Å². The van der Waals surface area contributed by atoms with Crippen LogP contribution in [0, 0.1) is 6.92 Å². The van der Waals surface area contributed by atoms with Crippen LogP contribution in [-0.4, -0.2) is 17.4 Å². The van der Waals surface area contributed by atoms with Crippen LogP contribution in [0.5, 0.6) is 0 Å². The Hall–Kier alpha value is -1.32. The van der Waals surface area contributed by atoms with E-state index in [2.05, 4.69) is 17.2 Å². The first-order valence-corrected chi connectivity index (χ1v) is 4.89. The smallest absolute Gasteiger partial charge is 0.227 e. The molecule has 0 aliphatic carbocycles. The van der Waals surface area contributed by atoms with E-state index in [1.54, 1.807) is 0 Å². The third-order valence-electron chi connectivity index (χ3n) is 2.02. The van der Waals surface area contributed by atoms with Gasteiger partial charge in [0.15, 0.2) is 6.39 Å². The minimum absolute atomic E-state index is 0.00157. The number of nitrogens with one attached hydrogen (secondary N) is 1. The number of amides is 1. The third kappa shape index (κ3) is 3.20. The Morgan fingerprint density at radius 2 is 2.43 bits per heavy atom. The molecule has 4 heteroatoms. The summed E-state index contributed by atoms with van der Waals surface area (Å²) in [5.41, 5.74) is 0.788. The molecule has 1 rings (SSSR count). The van der Waals surface area contributed by atoms with Crippen molar-refractivity contribution in [3.8, 4) is 0 Å². The van der Waals surface area contributed by atoms with Gasteiger partial charge in [0, 0.05) is 6.54 Å². The Kier molecular flexibility index (Phi) is 4.16. The molecule has 0 saturated heterocycles. The molecule has 0 unspecified atom stereocenters. The van der Waals surface area contributed by atoms with Gasteiger partial charge in [-0.15, -0.1) is 0 Å². The topological polar surface area (TPSA) is 55.1 Å². The Morgan fingerprint density at radius 1 is 1.64 bits per heavy atom. The Labute approximate surface area is 83.7 Å². The van der Waals surface area contributed by atoms with Crippen LogP contribution in [0.1, 0.15) is 31.2 Å². The number of rotatable bonds is 5. The summed E-state index contributed by atoms with van der Waals surface area (Å²) in [5, 5.41) is 2.82. The highest BCUT2D eigenvalue weighted by Gasteiger charge is 2.08. The van der Waals surface area contributed by atoms with Gasteiger partial charge in [-0.3, -0.25) is 4.79 Å². The summed E-state index contributed by atoms with van der Waals surface area (Å²) in [6.45, 7) is 4.66. The largest absolute Gasteiger partial charge is 0.448 e. The van der Waals surface area contributed by atoms with Crippen molar-refractivity contribution in [2.75, 3.05) is 6.54 Å². The first-order chi connectivity index (χ1) is 6.74. The van der Waals surface area contributed by atoms with Crippen molar-refractivity contribution in [1.29, 1.82) is 0 Å². The van der Waals surface area contributed by atoms with E-state index in [1.807, 2.05) is 6.92 Å². The van der Waals surface area contributed by atoms with Gasteiger partial charge in [0.1, 0.15) is 5.76 Å². The Bertz CT molecular complexity index is 294. The standard InChI is InChI=1S/C10H16N2O2/c1-3-4-5-11-10(13)6-9-8(2)12-7-14-9/h7H,3-6H2,1-2H3,(H,11,13). The molecule has 0 saturated carbocycles. The number of aryl methyl sites for hydroxylation is 1. The summed E-state index contributed by atoms with van der Waals surface area (Å²) >= 11 is 0. The van der Waals surface area contributed by atoms with Gasteiger partial charge in [-0.2, -0.15) is 0 Å². The van der Waals surface area contributed by atoms with Crippen molar-refractivity contribution in [2.45, 2.75) is 33.1 Å². The maximum Gasteiger partial charge on any atom is 0.227 e. The lowest BCUT2D eigenvalue weighted by Gasteiger charge is -2.02. The Morgan fingerprint density at radius 3 is 3.00 bits per heavy atom. The van der Waals surface area contributed by atoms with Crippen LogP contribution in [0.2, 0.25) is 0 Å². The molecule has 0 radical (unpaired) electrons. The van der Waals surface area contributed by atoms with Crippen LogP contribution < -0.4 is 5.32 Å². The second-order valence-electron chi connectivity index (χ2n) is 3.24. The van der Waals surface area contributed by atoms with Crippen molar-refractivity contribution in [1.82, 2.24) is 10.3 Å². The van der Waals surface area contributed by atoms with Crippen LogP contribution in [0.3, 0.4) is 0 Å². The summed E-state index contributed by atoms with van der Waals surface area (Å²) in [5.74, 6) is 0.650. The zero-order valence-corrected chi connectivity index (χ0v) is 8.67. The molecule has 0 aliphatic heterocycles. The van der Waals surface area contributed by atoms with E-state index in [4.69, 9.17) is 4.42 Å². The van der Waals surface area contributed by atoms with Crippen LogP contribution in [0.25, 0.3) is 0 Å². The molecule has 1 heterocycles. The molecular formula is C10H16N2O2. The molecule has 14 heavy (non-hydrogen) atoms. The van der Waals surface area contributed by atoms with E-state index >= 15 is 0 Å². The van der Waals surface area contributed by atoms with Crippen molar-refractivity contribution in [3.05, 3.63) is 17.8 Å². The number of aromatic nitrogens is 1. The highest BCUT2D eigenvalue weighted by atomic mass is 16.3. The lowest BCUT2D eigenvalue weighted by Crippen LogP contribution is -2.26. The number of hydrogen-bond donors (Lipinski definition) is 1. The van der Waals surface area contributed by atoms with Crippen LogP contribution >= 0.6 is 0 Å². The number of unbranched alkanes of at least 4 members (excludes halogenated alkanes) is 1. The second kappa shape index (κ2) is 5.42. The minimum Gasteiger partial charge on any atom is -0.448 e. The fraction of sp³-hybridized carbons (Fsp3) is 0.600. The molecule has 0 aliphatic rings. The van der Waals surface area contributed by atoms with Gasteiger partial charge in [0.05, 0.1) is 12.1 Å². The maximum absolute atomic E-state index is 11.3. The summed E-state index contributed by atoms with van der Waals surface area (Å²) in [7, 11) is 0. The highest BCUT2D eigenvalue weighted by Crippen LogP contribution is 2.05.